The maximum Gasteiger partial charge on any atom is 0.358 e. The van der Waals surface area contributed by atoms with Crippen LogP contribution in [-0.2, 0) is 11.3 Å². The topological polar surface area (TPSA) is 97.1 Å². The van der Waals surface area contributed by atoms with Crippen molar-refractivity contribution < 1.29 is 14.7 Å². The van der Waals surface area contributed by atoms with E-state index in [2.05, 4.69) is 15.6 Å². The standard InChI is InChI=1S/C14H16N4O3/c1-9(11-6-4-3-5-7-11)15-12(19)8-18-10(2)13(14(20)21)16-17-18/h3-7,9H,8H2,1-2H3,(H,15,19)(H,20,21). The summed E-state index contributed by atoms with van der Waals surface area (Å²) in [7, 11) is 0. The van der Waals surface area contributed by atoms with E-state index in [9.17, 15) is 9.59 Å². The molecule has 0 aliphatic rings. The van der Waals surface area contributed by atoms with Crippen molar-refractivity contribution >= 4 is 11.9 Å². The van der Waals surface area contributed by atoms with Gasteiger partial charge in [0.1, 0.15) is 6.54 Å². The van der Waals surface area contributed by atoms with Crippen LogP contribution in [0.1, 0.15) is 34.7 Å². The molecule has 0 aliphatic carbocycles. The smallest absolute Gasteiger partial charge is 0.358 e. The lowest BCUT2D eigenvalue weighted by molar-refractivity contribution is -0.122. The third kappa shape index (κ3) is 3.44. The molecule has 1 unspecified atom stereocenters. The Morgan fingerprint density at radius 1 is 1.33 bits per heavy atom. The minimum absolute atomic E-state index is 0.0662. The summed E-state index contributed by atoms with van der Waals surface area (Å²) >= 11 is 0. The fourth-order valence-corrected chi connectivity index (χ4v) is 1.96. The van der Waals surface area contributed by atoms with Gasteiger partial charge in [0.25, 0.3) is 0 Å². The van der Waals surface area contributed by atoms with Gasteiger partial charge >= 0.3 is 5.97 Å². The Labute approximate surface area is 121 Å². The number of aromatic carboxylic acids is 1. The summed E-state index contributed by atoms with van der Waals surface area (Å²) in [5.41, 5.74) is 1.20. The lowest BCUT2D eigenvalue weighted by atomic mass is 10.1. The van der Waals surface area contributed by atoms with E-state index in [-0.39, 0.29) is 24.2 Å². The Morgan fingerprint density at radius 2 is 2.00 bits per heavy atom. The average molecular weight is 288 g/mol. The average Bonchev–Trinajstić information content (AvgIpc) is 2.81. The summed E-state index contributed by atoms with van der Waals surface area (Å²) in [5.74, 6) is -1.41. The highest BCUT2D eigenvalue weighted by molar-refractivity contribution is 5.86. The van der Waals surface area contributed by atoms with Crippen molar-refractivity contribution in [3.8, 4) is 0 Å². The van der Waals surface area contributed by atoms with Gasteiger partial charge in [0.05, 0.1) is 11.7 Å². The molecule has 2 rings (SSSR count). The second kappa shape index (κ2) is 6.17. The van der Waals surface area contributed by atoms with Gasteiger partial charge in [-0.25, -0.2) is 9.48 Å². The number of carboxylic acid groups (broad SMARTS) is 1. The SMILES string of the molecule is Cc1c(C(=O)O)nnn1CC(=O)NC(C)c1ccccc1. The zero-order valence-electron chi connectivity index (χ0n) is 11.8. The second-order valence-corrected chi connectivity index (χ2v) is 4.69. The molecule has 7 heteroatoms. The van der Waals surface area contributed by atoms with E-state index >= 15 is 0 Å². The maximum atomic E-state index is 12.0. The van der Waals surface area contributed by atoms with Crippen LogP contribution in [0.15, 0.2) is 30.3 Å². The predicted octanol–water partition coefficient (Wildman–Crippen LogP) is 1.16. The van der Waals surface area contributed by atoms with Crippen molar-refractivity contribution in [1.82, 2.24) is 20.3 Å². The molecule has 2 aromatic rings. The zero-order chi connectivity index (χ0) is 15.4. The first-order valence-corrected chi connectivity index (χ1v) is 6.46. The molecule has 21 heavy (non-hydrogen) atoms. The summed E-state index contributed by atoms with van der Waals surface area (Å²) in [6.45, 7) is 3.38. The minimum atomic E-state index is -1.16. The third-order valence-corrected chi connectivity index (χ3v) is 3.16. The summed E-state index contributed by atoms with van der Waals surface area (Å²) in [6, 6.07) is 9.42. The van der Waals surface area contributed by atoms with Gasteiger partial charge in [0, 0.05) is 0 Å². The molecule has 2 N–H and O–H groups in total. The molecule has 0 radical (unpaired) electrons. The molecule has 0 saturated heterocycles. The van der Waals surface area contributed by atoms with Gasteiger partial charge < -0.3 is 10.4 Å². The van der Waals surface area contributed by atoms with Crippen LogP contribution in [-0.4, -0.2) is 32.0 Å². The van der Waals surface area contributed by atoms with Crippen LogP contribution in [0.5, 0.6) is 0 Å². The van der Waals surface area contributed by atoms with Crippen molar-refractivity contribution in [2.24, 2.45) is 0 Å². The van der Waals surface area contributed by atoms with Crippen molar-refractivity contribution in [3.63, 3.8) is 0 Å². The lowest BCUT2D eigenvalue weighted by Gasteiger charge is -2.14. The van der Waals surface area contributed by atoms with Crippen LogP contribution >= 0.6 is 0 Å². The molecule has 1 aromatic heterocycles. The van der Waals surface area contributed by atoms with Gasteiger partial charge in [-0.15, -0.1) is 5.10 Å². The van der Waals surface area contributed by atoms with Gasteiger partial charge in [-0.1, -0.05) is 35.5 Å². The van der Waals surface area contributed by atoms with Crippen LogP contribution in [0.25, 0.3) is 0 Å². The first-order chi connectivity index (χ1) is 9.99. The van der Waals surface area contributed by atoms with Crippen molar-refractivity contribution in [2.75, 3.05) is 0 Å². The number of benzene rings is 1. The first kappa shape index (κ1) is 14.7. The van der Waals surface area contributed by atoms with Crippen molar-refractivity contribution in [1.29, 1.82) is 0 Å². The number of amides is 1. The van der Waals surface area contributed by atoms with E-state index in [1.165, 1.54) is 4.68 Å². The highest BCUT2D eigenvalue weighted by atomic mass is 16.4. The van der Waals surface area contributed by atoms with Gasteiger partial charge in [0.15, 0.2) is 5.69 Å². The normalized spacial score (nSPS) is 11.9. The molecule has 1 aromatic carbocycles. The summed E-state index contributed by atoms with van der Waals surface area (Å²) < 4.78 is 1.27. The van der Waals surface area contributed by atoms with Crippen LogP contribution < -0.4 is 5.32 Å². The predicted molar refractivity (Wildman–Crippen MR) is 74.7 cm³/mol. The van der Waals surface area contributed by atoms with Crippen molar-refractivity contribution in [3.05, 3.63) is 47.3 Å². The first-order valence-electron chi connectivity index (χ1n) is 6.46. The Balaban J connectivity index is 2.01. The van der Waals surface area contributed by atoms with Crippen LogP contribution in [0.2, 0.25) is 0 Å². The number of nitrogens with zero attached hydrogens (tertiary/aromatic N) is 3. The van der Waals surface area contributed by atoms with Crippen LogP contribution in [0.4, 0.5) is 0 Å². The maximum absolute atomic E-state index is 12.0. The molecule has 0 spiro atoms. The summed E-state index contributed by atoms with van der Waals surface area (Å²) in [6.07, 6.45) is 0. The number of carbonyl (C=O) groups excluding carboxylic acids is 1. The summed E-state index contributed by atoms with van der Waals surface area (Å²) in [4.78, 5) is 22.8. The molecule has 1 atom stereocenters. The quantitative estimate of drug-likeness (QED) is 0.860. The monoisotopic (exact) mass is 288 g/mol. The van der Waals surface area contributed by atoms with Crippen LogP contribution in [0.3, 0.4) is 0 Å². The minimum Gasteiger partial charge on any atom is -0.476 e. The molecule has 1 amide bonds. The number of carboxylic acids is 1. The Bertz CT molecular complexity index is 651. The van der Waals surface area contributed by atoms with E-state index < -0.39 is 5.97 Å². The van der Waals surface area contributed by atoms with Gasteiger partial charge in [-0.3, -0.25) is 4.79 Å². The van der Waals surface area contributed by atoms with Crippen molar-refractivity contribution in [2.45, 2.75) is 26.4 Å². The molecule has 0 aliphatic heterocycles. The van der Waals surface area contributed by atoms with Gasteiger partial charge in [-0.05, 0) is 19.4 Å². The Kier molecular flexibility index (Phi) is 4.32. The zero-order valence-corrected chi connectivity index (χ0v) is 11.8. The second-order valence-electron chi connectivity index (χ2n) is 4.69. The van der Waals surface area contributed by atoms with E-state index in [0.717, 1.165) is 5.56 Å². The Morgan fingerprint density at radius 3 is 2.57 bits per heavy atom. The molecule has 0 bridgehead atoms. The van der Waals surface area contributed by atoms with Crippen LogP contribution in [0, 0.1) is 6.92 Å². The molecule has 1 heterocycles. The summed E-state index contributed by atoms with van der Waals surface area (Å²) in [5, 5.41) is 18.9. The van der Waals surface area contributed by atoms with Gasteiger partial charge in [-0.2, -0.15) is 0 Å². The highest BCUT2D eigenvalue weighted by Crippen LogP contribution is 2.11. The van der Waals surface area contributed by atoms with E-state index in [1.807, 2.05) is 37.3 Å². The molecule has 7 nitrogen and oxygen atoms in total. The lowest BCUT2D eigenvalue weighted by Crippen LogP contribution is -2.30. The number of hydrogen-bond donors (Lipinski definition) is 2. The number of hydrogen-bond acceptors (Lipinski definition) is 4. The molecule has 0 saturated carbocycles. The van der Waals surface area contributed by atoms with E-state index in [1.54, 1.807) is 6.92 Å². The van der Waals surface area contributed by atoms with E-state index in [4.69, 9.17) is 5.11 Å². The third-order valence-electron chi connectivity index (χ3n) is 3.16. The molecule has 0 fully saturated rings. The number of nitrogens with one attached hydrogen (secondary N) is 1. The van der Waals surface area contributed by atoms with E-state index in [0.29, 0.717) is 5.69 Å². The molecular formula is C14H16N4O3. The van der Waals surface area contributed by atoms with Gasteiger partial charge in [0.2, 0.25) is 5.91 Å². The molecule has 110 valence electrons. The fourth-order valence-electron chi connectivity index (χ4n) is 1.96. The largest absolute Gasteiger partial charge is 0.476 e. The Hall–Kier alpha value is -2.70. The highest BCUT2D eigenvalue weighted by Gasteiger charge is 2.17. The number of carbonyl (C=O) groups is 2. The molecular weight excluding hydrogens is 272 g/mol. The fraction of sp³-hybridized carbons (Fsp3) is 0.286. The number of aromatic nitrogens is 3. The number of rotatable bonds is 5.